The van der Waals surface area contributed by atoms with Gasteiger partial charge in [0.25, 0.3) is 5.91 Å². The first-order valence-corrected chi connectivity index (χ1v) is 10.1. The van der Waals surface area contributed by atoms with Gasteiger partial charge in [0.15, 0.2) is 23.3 Å². The first-order valence-electron chi connectivity index (χ1n) is 10.1. The van der Waals surface area contributed by atoms with Crippen LogP contribution in [0.5, 0.6) is 11.5 Å². The average Bonchev–Trinajstić information content (AvgIpc) is 3.26. The predicted molar refractivity (Wildman–Crippen MR) is 115 cm³/mol. The second kappa shape index (κ2) is 9.03. The van der Waals surface area contributed by atoms with Crippen LogP contribution in [0.15, 0.2) is 54.7 Å². The maximum atomic E-state index is 12.6. The SMILES string of the molecule is CN1C=CC(=O)C(NC(=O)N[C@@H](CC(=O)O)c2cccc(-c3ccc4c(c3)OCO4)c2)C1=O. The molecule has 2 aliphatic heterocycles. The number of hydrogen-bond acceptors (Lipinski definition) is 6. The molecule has 2 aliphatic rings. The number of hydrogen-bond donors (Lipinski definition) is 3. The molecule has 0 saturated heterocycles. The number of fused-ring (bicyclic) bond motifs is 1. The van der Waals surface area contributed by atoms with Crippen molar-refractivity contribution in [3.8, 4) is 22.6 Å². The molecule has 10 heteroatoms. The van der Waals surface area contributed by atoms with Crippen LogP contribution in [0.1, 0.15) is 18.0 Å². The minimum atomic E-state index is -1.37. The summed E-state index contributed by atoms with van der Waals surface area (Å²) in [6, 6.07) is 9.40. The fourth-order valence-electron chi connectivity index (χ4n) is 3.58. The third-order valence-corrected chi connectivity index (χ3v) is 5.30. The number of ether oxygens (including phenoxy) is 2. The molecular formula is C23H21N3O7. The Labute approximate surface area is 188 Å². The van der Waals surface area contributed by atoms with Crippen molar-refractivity contribution >= 4 is 23.7 Å². The molecule has 0 aromatic heterocycles. The van der Waals surface area contributed by atoms with Gasteiger partial charge in [-0.15, -0.1) is 0 Å². The number of amides is 3. The number of nitrogens with zero attached hydrogens (tertiary/aromatic N) is 1. The van der Waals surface area contributed by atoms with E-state index in [-0.39, 0.29) is 6.79 Å². The van der Waals surface area contributed by atoms with E-state index in [0.717, 1.165) is 11.1 Å². The number of carbonyl (C=O) groups excluding carboxylic acids is 3. The standard InChI is InChI=1S/C23H21N3O7/c1-26-8-7-17(27)21(22(26)30)25-23(31)24-16(11-20(28)29)15-4-2-3-13(9-15)14-5-6-18-19(10-14)33-12-32-18/h2-10,16,21H,11-12H2,1H3,(H,28,29)(H2,24,25,31)/t16-,21?/m0/s1. The molecule has 0 radical (unpaired) electrons. The van der Waals surface area contributed by atoms with Crippen molar-refractivity contribution in [3.63, 3.8) is 0 Å². The van der Waals surface area contributed by atoms with Crippen molar-refractivity contribution < 1.29 is 33.8 Å². The molecule has 2 heterocycles. The zero-order valence-electron chi connectivity index (χ0n) is 17.6. The highest BCUT2D eigenvalue weighted by Crippen LogP contribution is 2.36. The quantitative estimate of drug-likeness (QED) is 0.570. The molecule has 170 valence electrons. The molecule has 33 heavy (non-hydrogen) atoms. The molecule has 10 nitrogen and oxygen atoms in total. The van der Waals surface area contributed by atoms with Crippen LogP contribution in [0.2, 0.25) is 0 Å². The summed E-state index contributed by atoms with van der Waals surface area (Å²) in [5.41, 5.74) is 2.15. The fourth-order valence-corrected chi connectivity index (χ4v) is 3.58. The molecule has 1 unspecified atom stereocenters. The van der Waals surface area contributed by atoms with Gasteiger partial charge in [-0.2, -0.15) is 0 Å². The summed E-state index contributed by atoms with van der Waals surface area (Å²) in [5.74, 6) is -1.02. The van der Waals surface area contributed by atoms with Gasteiger partial charge in [-0.05, 0) is 34.9 Å². The normalized spacial score (nSPS) is 17.6. The lowest BCUT2D eigenvalue weighted by atomic mass is 9.97. The smallest absolute Gasteiger partial charge is 0.316 e. The van der Waals surface area contributed by atoms with Gasteiger partial charge in [-0.1, -0.05) is 24.3 Å². The highest BCUT2D eigenvalue weighted by Gasteiger charge is 2.32. The second-order valence-electron chi connectivity index (χ2n) is 7.56. The number of carbonyl (C=O) groups is 4. The van der Waals surface area contributed by atoms with Crippen LogP contribution < -0.4 is 20.1 Å². The van der Waals surface area contributed by atoms with E-state index in [2.05, 4.69) is 10.6 Å². The zero-order valence-corrected chi connectivity index (χ0v) is 17.6. The lowest BCUT2D eigenvalue weighted by molar-refractivity contribution is -0.138. The van der Waals surface area contributed by atoms with Gasteiger partial charge >= 0.3 is 12.0 Å². The summed E-state index contributed by atoms with van der Waals surface area (Å²) in [4.78, 5) is 49.4. The minimum Gasteiger partial charge on any atom is -0.481 e. The molecule has 0 fully saturated rings. The van der Waals surface area contributed by atoms with Gasteiger partial charge in [0.1, 0.15) is 0 Å². The van der Waals surface area contributed by atoms with Crippen LogP contribution in [-0.4, -0.2) is 53.6 Å². The monoisotopic (exact) mass is 451 g/mol. The predicted octanol–water partition coefficient (Wildman–Crippen LogP) is 1.82. The lowest BCUT2D eigenvalue weighted by Gasteiger charge is -2.25. The Morgan fingerprint density at radius 2 is 1.88 bits per heavy atom. The topological polar surface area (TPSA) is 134 Å². The van der Waals surface area contributed by atoms with E-state index in [1.165, 1.54) is 24.2 Å². The van der Waals surface area contributed by atoms with Crippen LogP contribution >= 0.6 is 0 Å². The Morgan fingerprint density at radius 3 is 2.67 bits per heavy atom. The first kappa shape index (κ1) is 21.9. The van der Waals surface area contributed by atoms with E-state index in [4.69, 9.17) is 9.47 Å². The Hall–Kier alpha value is -4.34. The summed E-state index contributed by atoms with van der Waals surface area (Å²) in [5, 5.41) is 14.3. The number of nitrogens with one attached hydrogen (secondary N) is 2. The van der Waals surface area contributed by atoms with E-state index in [1.807, 2.05) is 18.2 Å². The number of ketones is 1. The van der Waals surface area contributed by atoms with Crippen LogP contribution in [-0.2, 0) is 14.4 Å². The number of benzene rings is 2. The number of rotatable bonds is 6. The van der Waals surface area contributed by atoms with Gasteiger partial charge < -0.3 is 30.1 Å². The van der Waals surface area contributed by atoms with Crippen molar-refractivity contribution in [1.29, 1.82) is 0 Å². The summed E-state index contributed by atoms with van der Waals surface area (Å²) >= 11 is 0. The van der Waals surface area contributed by atoms with E-state index >= 15 is 0 Å². The van der Waals surface area contributed by atoms with Crippen molar-refractivity contribution in [2.75, 3.05) is 13.8 Å². The Balaban J connectivity index is 1.54. The number of urea groups is 1. The molecular weight excluding hydrogens is 430 g/mol. The molecule has 0 bridgehead atoms. The third kappa shape index (κ3) is 4.79. The van der Waals surface area contributed by atoms with E-state index in [9.17, 15) is 24.3 Å². The molecule has 0 aliphatic carbocycles. The highest BCUT2D eigenvalue weighted by molar-refractivity contribution is 6.14. The second-order valence-corrected chi connectivity index (χ2v) is 7.56. The van der Waals surface area contributed by atoms with Crippen molar-refractivity contribution in [2.24, 2.45) is 0 Å². The Bertz CT molecular complexity index is 1160. The molecule has 3 N–H and O–H groups in total. The molecule has 0 saturated carbocycles. The van der Waals surface area contributed by atoms with Crippen LogP contribution in [0, 0.1) is 0 Å². The van der Waals surface area contributed by atoms with Crippen molar-refractivity contribution in [1.82, 2.24) is 15.5 Å². The van der Waals surface area contributed by atoms with Crippen LogP contribution in [0.3, 0.4) is 0 Å². The summed E-state index contributed by atoms with van der Waals surface area (Å²) in [7, 11) is 1.46. The minimum absolute atomic E-state index is 0.149. The van der Waals surface area contributed by atoms with Gasteiger partial charge in [0.05, 0.1) is 12.5 Å². The van der Waals surface area contributed by atoms with Crippen LogP contribution in [0.25, 0.3) is 11.1 Å². The van der Waals surface area contributed by atoms with Crippen LogP contribution in [0.4, 0.5) is 4.79 Å². The number of aliphatic carboxylic acids is 1. The maximum Gasteiger partial charge on any atom is 0.316 e. The number of carboxylic acids is 1. The van der Waals surface area contributed by atoms with Crippen molar-refractivity contribution in [2.45, 2.75) is 18.5 Å². The largest absolute Gasteiger partial charge is 0.481 e. The summed E-state index contributed by atoms with van der Waals surface area (Å²) in [6.07, 6.45) is 2.11. The van der Waals surface area contributed by atoms with E-state index in [1.54, 1.807) is 24.3 Å². The van der Waals surface area contributed by atoms with E-state index in [0.29, 0.717) is 17.1 Å². The van der Waals surface area contributed by atoms with Gasteiger partial charge in [0.2, 0.25) is 6.79 Å². The molecule has 4 rings (SSSR count). The highest BCUT2D eigenvalue weighted by atomic mass is 16.7. The first-order chi connectivity index (χ1) is 15.8. The molecule has 3 amide bonds. The van der Waals surface area contributed by atoms with Crippen molar-refractivity contribution in [3.05, 3.63) is 60.3 Å². The summed E-state index contributed by atoms with van der Waals surface area (Å²) < 4.78 is 10.7. The van der Waals surface area contributed by atoms with E-state index < -0.39 is 42.2 Å². The van der Waals surface area contributed by atoms with Gasteiger partial charge in [-0.3, -0.25) is 14.4 Å². The number of likely N-dealkylation sites (N-methyl/N-ethyl adjacent to an activating group) is 1. The maximum absolute atomic E-state index is 12.6. The lowest BCUT2D eigenvalue weighted by Crippen LogP contribution is -2.55. The number of carboxylic acid groups (broad SMARTS) is 1. The zero-order chi connectivity index (χ0) is 23.5. The fraction of sp³-hybridized carbons (Fsp3) is 0.217. The molecule has 0 spiro atoms. The molecule has 2 aromatic carbocycles. The average molecular weight is 451 g/mol. The molecule has 2 atom stereocenters. The molecule has 2 aromatic rings. The Kier molecular flexibility index (Phi) is 5.99. The Morgan fingerprint density at radius 1 is 1.12 bits per heavy atom. The third-order valence-electron chi connectivity index (χ3n) is 5.30. The van der Waals surface area contributed by atoms with Gasteiger partial charge in [0, 0.05) is 19.3 Å². The van der Waals surface area contributed by atoms with Gasteiger partial charge in [-0.25, -0.2) is 4.79 Å². The summed E-state index contributed by atoms with van der Waals surface area (Å²) in [6.45, 7) is 0.149.